The maximum absolute atomic E-state index is 11.9. The Morgan fingerprint density at radius 2 is 1.89 bits per heavy atom. The van der Waals surface area contributed by atoms with Crippen LogP contribution in [0, 0.1) is 0 Å². The van der Waals surface area contributed by atoms with Crippen molar-refractivity contribution >= 4 is 5.91 Å². The molecule has 0 aromatic carbocycles. The summed E-state index contributed by atoms with van der Waals surface area (Å²) in [4.78, 5) is 14.0. The molecule has 0 bridgehead atoms. The third-order valence-corrected chi connectivity index (χ3v) is 3.60. The molecule has 1 amide bonds. The van der Waals surface area contributed by atoms with Gasteiger partial charge in [0.05, 0.1) is 6.54 Å². The second kappa shape index (κ2) is 9.34. The van der Waals surface area contributed by atoms with Crippen molar-refractivity contribution in [1.82, 2.24) is 15.5 Å². The van der Waals surface area contributed by atoms with Gasteiger partial charge in [0.25, 0.3) is 0 Å². The number of likely N-dealkylation sites (N-methyl/N-ethyl adjacent to an activating group) is 1. The number of hydrogen-bond acceptors (Lipinski definition) is 3. The summed E-state index contributed by atoms with van der Waals surface area (Å²) >= 11 is 0. The Morgan fingerprint density at radius 3 is 2.50 bits per heavy atom. The number of nitrogens with one attached hydrogen (secondary N) is 2. The van der Waals surface area contributed by atoms with E-state index in [4.69, 9.17) is 0 Å². The Balaban J connectivity index is 2.15. The lowest BCUT2D eigenvalue weighted by molar-refractivity contribution is -0.122. The molecule has 1 saturated carbocycles. The van der Waals surface area contributed by atoms with Crippen LogP contribution in [-0.2, 0) is 4.79 Å². The molecule has 0 spiro atoms. The fourth-order valence-corrected chi connectivity index (χ4v) is 2.55. The molecule has 0 atom stereocenters. The summed E-state index contributed by atoms with van der Waals surface area (Å²) < 4.78 is 0. The summed E-state index contributed by atoms with van der Waals surface area (Å²) in [6.45, 7) is 2.51. The van der Waals surface area contributed by atoms with Crippen LogP contribution in [0.25, 0.3) is 0 Å². The molecule has 0 heterocycles. The van der Waals surface area contributed by atoms with Crippen molar-refractivity contribution in [1.29, 1.82) is 0 Å². The molecule has 0 aromatic heterocycles. The van der Waals surface area contributed by atoms with Gasteiger partial charge in [-0.15, -0.1) is 0 Å². The first-order valence-corrected chi connectivity index (χ1v) is 7.35. The molecule has 2 N–H and O–H groups in total. The van der Waals surface area contributed by atoms with Crippen LogP contribution in [0.15, 0.2) is 0 Å². The molecule has 1 rings (SSSR count). The second-order valence-corrected chi connectivity index (χ2v) is 5.45. The van der Waals surface area contributed by atoms with Crippen molar-refractivity contribution in [2.45, 2.75) is 51.0 Å². The lowest BCUT2D eigenvalue weighted by Crippen LogP contribution is -2.41. The summed E-state index contributed by atoms with van der Waals surface area (Å²) in [5.74, 6) is 0.189. The highest BCUT2D eigenvalue weighted by molar-refractivity contribution is 5.78. The topological polar surface area (TPSA) is 44.4 Å². The summed E-state index contributed by atoms with van der Waals surface area (Å²) in [5, 5.41) is 6.31. The zero-order chi connectivity index (χ0) is 13.2. The smallest absolute Gasteiger partial charge is 0.234 e. The van der Waals surface area contributed by atoms with E-state index in [1.54, 1.807) is 0 Å². The first kappa shape index (κ1) is 15.4. The van der Waals surface area contributed by atoms with E-state index in [0.29, 0.717) is 12.6 Å². The minimum Gasteiger partial charge on any atom is -0.352 e. The van der Waals surface area contributed by atoms with Crippen LogP contribution in [-0.4, -0.2) is 50.6 Å². The molecule has 0 saturated heterocycles. The van der Waals surface area contributed by atoms with Gasteiger partial charge in [0.2, 0.25) is 5.91 Å². The van der Waals surface area contributed by atoms with E-state index < -0.39 is 0 Å². The Labute approximate surface area is 111 Å². The van der Waals surface area contributed by atoms with Gasteiger partial charge in [-0.3, -0.25) is 9.69 Å². The quantitative estimate of drug-likeness (QED) is 0.533. The van der Waals surface area contributed by atoms with Crippen LogP contribution < -0.4 is 10.6 Å². The van der Waals surface area contributed by atoms with Crippen molar-refractivity contribution in [2.75, 3.05) is 33.7 Å². The Kier molecular flexibility index (Phi) is 8.01. The molecule has 4 heteroatoms. The summed E-state index contributed by atoms with van der Waals surface area (Å²) in [6.07, 6.45) is 8.60. The molecule has 1 aliphatic rings. The molecular formula is C14H29N3O. The number of amides is 1. The normalized spacial score (nSPS) is 17.7. The van der Waals surface area contributed by atoms with E-state index >= 15 is 0 Å². The largest absolute Gasteiger partial charge is 0.352 e. The van der Waals surface area contributed by atoms with Gasteiger partial charge in [-0.25, -0.2) is 0 Å². The molecule has 0 radical (unpaired) electrons. The molecule has 0 unspecified atom stereocenters. The third-order valence-electron chi connectivity index (χ3n) is 3.60. The summed E-state index contributed by atoms with van der Waals surface area (Å²) in [7, 11) is 3.97. The SMILES string of the molecule is CNCCCN(C)CC(=O)NC1CCCCCC1. The van der Waals surface area contributed by atoms with Crippen molar-refractivity contribution in [3.05, 3.63) is 0 Å². The predicted molar refractivity (Wildman–Crippen MR) is 75.7 cm³/mol. The maximum atomic E-state index is 11.9. The minimum absolute atomic E-state index is 0.189. The van der Waals surface area contributed by atoms with E-state index in [9.17, 15) is 4.79 Å². The fourth-order valence-electron chi connectivity index (χ4n) is 2.55. The van der Waals surface area contributed by atoms with Gasteiger partial charge in [0.1, 0.15) is 0 Å². The van der Waals surface area contributed by atoms with Crippen LogP contribution in [0.3, 0.4) is 0 Å². The summed E-state index contributed by atoms with van der Waals surface area (Å²) in [5.41, 5.74) is 0. The number of carbonyl (C=O) groups excluding carboxylic acids is 1. The third kappa shape index (κ3) is 6.97. The molecule has 1 fully saturated rings. The zero-order valence-corrected chi connectivity index (χ0v) is 12.0. The lowest BCUT2D eigenvalue weighted by atomic mass is 10.1. The molecule has 1 aliphatic carbocycles. The molecule has 4 nitrogen and oxygen atoms in total. The number of rotatable bonds is 7. The minimum atomic E-state index is 0.189. The van der Waals surface area contributed by atoms with E-state index in [1.807, 2.05) is 14.1 Å². The van der Waals surface area contributed by atoms with Crippen molar-refractivity contribution in [3.8, 4) is 0 Å². The van der Waals surface area contributed by atoms with Gasteiger partial charge in [-0.2, -0.15) is 0 Å². The van der Waals surface area contributed by atoms with Crippen LogP contribution >= 0.6 is 0 Å². The van der Waals surface area contributed by atoms with Gasteiger partial charge in [-0.05, 0) is 46.4 Å². The standard InChI is InChI=1S/C14H29N3O/c1-15-10-7-11-17(2)12-14(18)16-13-8-5-3-4-6-9-13/h13,15H,3-12H2,1-2H3,(H,16,18). The predicted octanol–water partition coefficient (Wildman–Crippen LogP) is 1.37. The highest BCUT2D eigenvalue weighted by Gasteiger charge is 2.15. The van der Waals surface area contributed by atoms with Gasteiger partial charge in [0.15, 0.2) is 0 Å². The highest BCUT2D eigenvalue weighted by Crippen LogP contribution is 2.16. The van der Waals surface area contributed by atoms with Crippen molar-refractivity contribution < 1.29 is 4.79 Å². The molecule has 0 aliphatic heterocycles. The van der Waals surface area contributed by atoms with E-state index in [2.05, 4.69) is 15.5 Å². The first-order valence-electron chi connectivity index (χ1n) is 7.35. The van der Waals surface area contributed by atoms with Crippen LogP contribution in [0.2, 0.25) is 0 Å². The Bertz CT molecular complexity index is 225. The summed E-state index contributed by atoms with van der Waals surface area (Å²) in [6, 6.07) is 0.422. The van der Waals surface area contributed by atoms with E-state index in [-0.39, 0.29) is 5.91 Å². The van der Waals surface area contributed by atoms with Crippen molar-refractivity contribution in [3.63, 3.8) is 0 Å². The highest BCUT2D eigenvalue weighted by atomic mass is 16.2. The second-order valence-electron chi connectivity index (χ2n) is 5.45. The van der Waals surface area contributed by atoms with E-state index in [1.165, 1.54) is 25.7 Å². The monoisotopic (exact) mass is 255 g/mol. The van der Waals surface area contributed by atoms with Crippen molar-refractivity contribution in [2.24, 2.45) is 0 Å². The number of hydrogen-bond donors (Lipinski definition) is 2. The van der Waals surface area contributed by atoms with Crippen LogP contribution in [0.4, 0.5) is 0 Å². The number of carbonyl (C=O) groups is 1. The van der Waals surface area contributed by atoms with Gasteiger partial charge in [0, 0.05) is 6.04 Å². The van der Waals surface area contributed by atoms with Gasteiger partial charge >= 0.3 is 0 Å². The average molecular weight is 255 g/mol. The molecular weight excluding hydrogens is 226 g/mol. The van der Waals surface area contributed by atoms with Crippen LogP contribution in [0.1, 0.15) is 44.9 Å². The van der Waals surface area contributed by atoms with Crippen LogP contribution in [0.5, 0.6) is 0 Å². The fraction of sp³-hybridized carbons (Fsp3) is 0.929. The average Bonchev–Trinajstić information content (AvgIpc) is 2.57. The lowest BCUT2D eigenvalue weighted by Gasteiger charge is -2.20. The molecule has 0 aromatic rings. The molecule has 106 valence electrons. The first-order chi connectivity index (χ1) is 8.72. The Morgan fingerprint density at radius 1 is 1.22 bits per heavy atom. The van der Waals surface area contributed by atoms with Gasteiger partial charge in [-0.1, -0.05) is 25.7 Å². The molecule has 18 heavy (non-hydrogen) atoms. The van der Waals surface area contributed by atoms with Gasteiger partial charge < -0.3 is 10.6 Å². The Hall–Kier alpha value is -0.610. The maximum Gasteiger partial charge on any atom is 0.234 e. The zero-order valence-electron chi connectivity index (χ0n) is 12.0. The van der Waals surface area contributed by atoms with E-state index in [0.717, 1.165) is 32.4 Å². The number of nitrogens with zero attached hydrogens (tertiary/aromatic N) is 1.